The minimum absolute atomic E-state index is 0. The molecule has 0 bridgehead atoms. The smallest absolute Gasteiger partial charge is 0.222 e. The second-order valence-corrected chi connectivity index (χ2v) is 7.49. The molecular weight excluding hydrogens is 474 g/mol. The first kappa shape index (κ1) is 26.1. The third-order valence-electron chi connectivity index (χ3n) is 3.17. The molecule has 0 heterocycles. The van der Waals surface area contributed by atoms with Gasteiger partial charge in [-0.25, -0.2) is 18.6 Å². The Labute approximate surface area is 177 Å². The van der Waals surface area contributed by atoms with E-state index in [0.29, 0.717) is 0 Å². The molecule has 0 aromatic heterocycles. The third kappa shape index (κ3) is 18.2. The predicted octanol–water partition coefficient (Wildman–Crippen LogP) is 0.230. The van der Waals surface area contributed by atoms with Crippen molar-refractivity contribution in [2.75, 3.05) is 0 Å². The van der Waals surface area contributed by atoms with Crippen LogP contribution in [-0.2, 0) is 19.5 Å². The Balaban J connectivity index is 0.000000417. The van der Waals surface area contributed by atoms with E-state index in [1.54, 1.807) is 0 Å². The topological polar surface area (TPSA) is 92.2 Å². The van der Waals surface area contributed by atoms with E-state index < -0.39 is 10.2 Å². The number of hydrogen-bond donors (Lipinski definition) is 0. The minimum atomic E-state index is -4.94. The van der Waals surface area contributed by atoms with Crippen LogP contribution in [0.2, 0.25) is 0 Å². The Morgan fingerprint density at radius 2 is 0.815 bits per heavy atom. The van der Waals surface area contributed by atoms with Gasteiger partial charge in [-0.3, -0.25) is 0 Å². The van der Waals surface area contributed by atoms with Crippen LogP contribution in [0.25, 0.3) is 0 Å². The van der Waals surface area contributed by atoms with Crippen molar-refractivity contribution in [3.05, 3.63) is 85.0 Å². The number of halogens is 1. The normalized spacial score (nSPS) is 15.3. The Kier molecular flexibility index (Phi) is 15.6. The average Bonchev–Trinajstić information content (AvgIpc) is 2.55. The molecule has 0 N–H and O–H groups in total. The monoisotopic (exact) mass is 496 g/mol. The van der Waals surface area contributed by atoms with Gasteiger partial charge >= 0.3 is 19.5 Å². The zero-order valence-electron chi connectivity index (χ0n) is 14.8. The fraction of sp³-hybridized carbons (Fsp3) is 0.200. The van der Waals surface area contributed by atoms with Crippen molar-refractivity contribution in [3.8, 4) is 0 Å². The fourth-order valence-corrected chi connectivity index (χ4v) is 3.12. The zero-order chi connectivity index (χ0) is 19.1. The molecule has 0 saturated heterocycles. The SMILES string of the molecule is C1=C\CC/C=C\CC/1.[O-][Cl+3]([O-])([O-])[O-].[Rh+].c1ccc(Pc2ccccc2)cc1. The van der Waals surface area contributed by atoms with Crippen LogP contribution in [0.3, 0.4) is 0 Å². The van der Waals surface area contributed by atoms with Crippen LogP contribution >= 0.6 is 8.58 Å². The third-order valence-corrected chi connectivity index (χ3v) is 4.41. The van der Waals surface area contributed by atoms with Crippen molar-refractivity contribution >= 4 is 19.2 Å². The maximum absolute atomic E-state index is 8.49. The van der Waals surface area contributed by atoms with Crippen molar-refractivity contribution in [2.45, 2.75) is 25.7 Å². The predicted molar refractivity (Wildman–Crippen MR) is 97.2 cm³/mol. The first-order chi connectivity index (χ1) is 12.4. The maximum atomic E-state index is 8.49. The van der Waals surface area contributed by atoms with Gasteiger partial charge in [0.05, 0.1) is 0 Å². The number of hydrogen-bond acceptors (Lipinski definition) is 4. The van der Waals surface area contributed by atoms with E-state index in [1.807, 2.05) is 0 Å². The summed E-state index contributed by atoms with van der Waals surface area (Å²) in [6.45, 7) is 0. The summed E-state index contributed by atoms with van der Waals surface area (Å²) in [6, 6.07) is 21.2. The molecule has 4 nitrogen and oxygen atoms in total. The molecule has 3 rings (SSSR count). The van der Waals surface area contributed by atoms with Gasteiger partial charge in [0.1, 0.15) is 0 Å². The van der Waals surface area contributed by atoms with Crippen LogP contribution in [0.1, 0.15) is 25.7 Å². The van der Waals surface area contributed by atoms with Gasteiger partial charge in [-0.15, -0.1) is 10.2 Å². The second-order valence-electron chi connectivity index (χ2n) is 5.33. The van der Waals surface area contributed by atoms with Gasteiger partial charge in [-0.2, -0.15) is 0 Å². The van der Waals surface area contributed by atoms with Crippen molar-refractivity contribution < 1.29 is 48.4 Å². The van der Waals surface area contributed by atoms with Gasteiger partial charge in [0.25, 0.3) is 0 Å². The molecular formula is C20H23ClO4PRh. The van der Waals surface area contributed by atoms with E-state index in [2.05, 4.69) is 85.0 Å². The van der Waals surface area contributed by atoms with Crippen molar-refractivity contribution in [2.24, 2.45) is 0 Å². The molecule has 2 aromatic carbocycles. The fourth-order valence-electron chi connectivity index (χ4n) is 2.07. The Morgan fingerprint density at radius 3 is 1.07 bits per heavy atom. The summed E-state index contributed by atoms with van der Waals surface area (Å²) in [5.41, 5.74) is 0. The molecule has 0 spiro atoms. The van der Waals surface area contributed by atoms with Gasteiger partial charge in [0, 0.05) is 0 Å². The molecule has 0 fully saturated rings. The van der Waals surface area contributed by atoms with E-state index in [-0.39, 0.29) is 19.5 Å². The van der Waals surface area contributed by atoms with Crippen LogP contribution < -0.4 is 29.2 Å². The Hall–Kier alpha value is -0.897. The molecule has 0 aliphatic heterocycles. The Morgan fingerprint density at radius 1 is 0.556 bits per heavy atom. The number of benzene rings is 2. The average molecular weight is 497 g/mol. The first-order valence-corrected chi connectivity index (χ1v) is 10.5. The van der Waals surface area contributed by atoms with E-state index in [9.17, 15) is 0 Å². The maximum Gasteiger partial charge on any atom is 1.00 e. The van der Waals surface area contributed by atoms with E-state index in [4.69, 9.17) is 18.6 Å². The quantitative estimate of drug-likeness (QED) is 0.338. The summed E-state index contributed by atoms with van der Waals surface area (Å²) in [7, 11) is -4.17. The molecule has 1 aliphatic rings. The zero-order valence-corrected chi connectivity index (χ0v) is 18.2. The molecule has 0 amide bonds. The summed E-state index contributed by atoms with van der Waals surface area (Å²) in [4.78, 5) is 0. The molecule has 1 aliphatic carbocycles. The van der Waals surface area contributed by atoms with Crippen LogP contribution in [0, 0.1) is 10.2 Å². The molecule has 2 aromatic rings. The standard InChI is InChI=1S/C12H11P.C8H12.ClHO4.Rh/c1-3-7-11(8-4-1)13-12-9-5-2-6-10-12;1-2-4-6-8-7-5-3-1;2-1(3,4)5;/h1-10,13H;1-2,7-8H,3-6H2;(H,2,3,4,5);/q;;;+1/p-1/b;2-1-,8-7-;;. The van der Waals surface area contributed by atoms with Crippen LogP contribution in [0.4, 0.5) is 0 Å². The van der Waals surface area contributed by atoms with Gasteiger partial charge in [0.15, 0.2) is 0 Å². The van der Waals surface area contributed by atoms with Crippen LogP contribution in [0.5, 0.6) is 0 Å². The molecule has 0 atom stereocenters. The van der Waals surface area contributed by atoms with Gasteiger partial charge < -0.3 is 0 Å². The first-order valence-electron chi connectivity index (χ1n) is 8.24. The van der Waals surface area contributed by atoms with Crippen molar-refractivity contribution in [3.63, 3.8) is 0 Å². The van der Waals surface area contributed by atoms with Crippen molar-refractivity contribution in [1.82, 2.24) is 0 Å². The molecule has 27 heavy (non-hydrogen) atoms. The number of rotatable bonds is 2. The molecule has 148 valence electrons. The Bertz CT molecular complexity index is 577. The van der Waals surface area contributed by atoms with E-state index >= 15 is 0 Å². The summed E-state index contributed by atoms with van der Waals surface area (Å²) in [6.07, 6.45) is 14.0. The summed E-state index contributed by atoms with van der Waals surface area (Å²) in [5.74, 6) is 0. The second kappa shape index (κ2) is 16.1. The molecule has 0 saturated carbocycles. The minimum Gasteiger partial charge on any atom is -0.222 e. The molecule has 0 radical (unpaired) electrons. The van der Waals surface area contributed by atoms with Gasteiger partial charge in [0.2, 0.25) is 0 Å². The van der Waals surface area contributed by atoms with Crippen molar-refractivity contribution in [1.29, 1.82) is 0 Å². The van der Waals surface area contributed by atoms with Crippen LogP contribution in [0.15, 0.2) is 85.0 Å². The summed E-state index contributed by atoms with van der Waals surface area (Å²) >= 11 is 0. The molecule has 0 unspecified atom stereocenters. The molecule has 7 heteroatoms. The van der Waals surface area contributed by atoms with Gasteiger partial charge in [-0.1, -0.05) is 93.5 Å². The largest absolute Gasteiger partial charge is 1.00 e. The van der Waals surface area contributed by atoms with Crippen LogP contribution in [-0.4, -0.2) is 0 Å². The van der Waals surface area contributed by atoms with Gasteiger partial charge in [-0.05, 0) is 36.3 Å². The van der Waals surface area contributed by atoms with E-state index in [1.165, 1.54) is 36.3 Å². The number of allylic oxidation sites excluding steroid dienone is 4. The summed E-state index contributed by atoms with van der Waals surface area (Å²) < 4.78 is 34.0. The van der Waals surface area contributed by atoms with E-state index in [0.717, 1.165) is 8.58 Å². The summed E-state index contributed by atoms with van der Waals surface area (Å²) in [5, 5.41) is 2.79.